The van der Waals surface area contributed by atoms with Gasteiger partial charge in [-0.25, -0.2) is 10.3 Å². The predicted molar refractivity (Wildman–Crippen MR) is 54.4 cm³/mol. The molecule has 6 nitrogen and oxygen atoms in total. The Morgan fingerprint density at radius 2 is 2.25 bits per heavy atom. The minimum atomic E-state index is -0.403. The van der Waals surface area contributed by atoms with Crippen LogP contribution in [0.4, 0.5) is 4.79 Å². The fourth-order valence-electron chi connectivity index (χ4n) is 2.12. The Morgan fingerprint density at radius 3 is 2.75 bits per heavy atom. The third-order valence-corrected chi connectivity index (χ3v) is 3.06. The second kappa shape index (κ2) is 4.29. The minimum Gasteiger partial charge on any atom is -0.450 e. The Kier molecular flexibility index (Phi) is 3.00. The van der Waals surface area contributed by atoms with Crippen molar-refractivity contribution in [2.45, 2.75) is 31.8 Å². The summed E-state index contributed by atoms with van der Waals surface area (Å²) in [6.45, 7) is 3.32. The molecule has 0 aromatic heterocycles. The molecule has 1 spiro atoms. The van der Waals surface area contributed by atoms with Crippen molar-refractivity contribution in [1.29, 1.82) is 0 Å². The number of nitrogens with zero attached hydrogens (tertiary/aromatic N) is 1. The minimum absolute atomic E-state index is 0.0791. The van der Waals surface area contributed by atoms with E-state index in [1.807, 2.05) is 0 Å². The van der Waals surface area contributed by atoms with Gasteiger partial charge in [-0.05, 0) is 19.8 Å². The lowest BCUT2D eigenvalue weighted by molar-refractivity contribution is -0.127. The Labute approximate surface area is 93.8 Å². The van der Waals surface area contributed by atoms with E-state index in [1.165, 1.54) is 0 Å². The number of rotatable bonds is 1. The van der Waals surface area contributed by atoms with Crippen LogP contribution >= 0.6 is 0 Å². The SMILES string of the molecule is CCOC(=O)N1CCC2(CC1)CC(=O)NO2. The van der Waals surface area contributed by atoms with Gasteiger partial charge in [-0.3, -0.25) is 9.63 Å². The van der Waals surface area contributed by atoms with E-state index in [9.17, 15) is 9.59 Å². The molecule has 0 aliphatic carbocycles. The lowest BCUT2D eigenvalue weighted by Gasteiger charge is -2.36. The van der Waals surface area contributed by atoms with E-state index in [-0.39, 0.29) is 12.0 Å². The lowest BCUT2D eigenvalue weighted by Crippen LogP contribution is -2.47. The Hall–Kier alpha value is -1.30. The summed E-state index contributed by atoms with van der Waals surface area (Å²) in [5.74, 6) is -0.0791. The summed E-state index contributed by atoms with van der Waals surface area (Å²) in [6.07, 6.45) is 1.45. The molecular weight excluding hydrogens is 212 g/mol. The summed E-state index contributed by atoms with van der Waals surface area (Å²) in [6, 6.07) is 0. The molecule has 2 fully saturated rings. The molecule has 90 valence electrons. The van der Waals surface area contributed by atoms with E-state index in [2.05, 4.69) is 5.48 Å². The summed E-state index contributed by atoms with van der Waals surface area (Å²) >= 11 is 0. The second-order valence-electron chi connectivity index (χ2n) is 4.17. The topological polar surface area (TPSA) is 67.9 Å². The van der Waals surface area contributed by atoms with E-state index in [0.717, 1.165) is 0 Å². The first-order valence-electron chi connectivity index (χ1n) is 5.54. The monoisotopic (exact) mass is 228 g/mol. The van der Waals surface area contributed by atoms with Crippen LogP contribution in [0.2, 0.25) is 0 Å². The highest BCUT2D eigenvalue weighted by atomic mass is 16.7. The van der Waals surface area contributed by atoms with Crippen LogP contribution in [0.15, 0.2) is 0 Å². The van der Waals surface area contributed by atoms with Gasteiger partial charge in [-0.2, -0.15) is 0 Å². The molecular formula is C10H16N2O4. The normalized spacial score (nSPS) is 23.3. The largest absolute Gasteiger partial charge is 0.450 e. The Morgan fingerprint density at radius 1 is 1.56 bits per heavy atom. The molecule has 2 saturated heterocycles. The maximum absolute atomic E-state index is 11.4. The molecule has 2 aliphatic rings. The van der Waals surface area contributed by atoms with Crippen LogP contribution in [0.5, 0.6) is 0 Å². The molecule has 2 amide bonds. The molecule has 2 aliphatic heterocycles. The highest BCUT2D eigenvalue weighted by molar-refractivity contribution is 5.77. The molecule has 0 aromatic carbocycles. The zero-order valence-corrected chi connectivity index (χ0v) is 9.32. The summed E-state index contributed by atoms with van der Waals surface area (Å²) in [5.41, 5.74) is 1.97. The predicted octanol–water partition coefficient (Wildman–Crippen LogP) is 0.429. The van der Waals surface area contributed by atoms with Crippen LogP contribution in [0.1, 0.15) is 26.2 Å². The molecule has 1 N–H and O–H groups in total. The summed E-state index contributed by atoms with van der Waals surface area (Å²) in [5, 5.41) is 0. The van der Waals surface area contributed by atoms with E-state index in [1.54, 1.807) is 11.8 Å². The number of carbonyl (C=O) groups excluding carboxylic acids is 2. The molecule has 0 atom stereocenters. The first kappa shape index (κ1) is 11.2. The Bertz CT molecular complexity index is 297. The first-order chi connectivity index (χ1) is 7.65. The molecule has 0 aromatic rings. The number of hydrogen-bond acceptors (Lipinski definition) is 4. The zero-order chi connectivity index (χ0) is 11.6. The summed E-state index contributed by atoms with van der Waals surface area (Å²) in [4.78, 5) is 29.5. The number of carbonyl (C=O) groups is 2. The van der Waals surface area contributed by atoms with Gasteiger partial charge in [0.2, 0.25) is 5.91 Å². The standard InChI is InChI=1S/C10H16N2O4/c1-2-15-9(14)12-5-3-10(4-6-12)7-8(13)11-16-10/h2-7H2,1H3,(H,11,13). The second-order valence-corrected chi connectivity index (χ2v) is 4.17. The van der Waals surface area contributed by atoms with Gasteiger partial charge < -0.3 is 9.64 Å². The zero-order valence-electron chi connectivity index (χ0n) is 9.32. The Balaban J connectivity index is 1.87. The maximum atomic E-state index is 11.4. The molecule has 0 bridgehead atoms. The van der Waals surface area contributed by atoms with Crippen LogP contribution in [0, 0.1) is 0 Å². The van der Waals surface area contributed by atoms with Gasteiger partial charge in [0.15, 0.2) is 0 Å². The average Bonchev–Trinajstić information content (AvgIpc) is 2.61. The molecule has 0 radical (unpaired) electrons. The van der Waals surface area contributed by atoms with E-state index < -0.39 is 5.60 Å². The molecule has 6 heteroatoms. The number of hydroxylamine groups is 1. The van der Waals surface area contributed by atoms with E-state index in [4.69, 9.17) is 9.57 Å². The fourth-order valence-corrected chi connectivity index (χ4v) is 2.12. The number of ether oxygens (including phenoxy) is 1. The van der Waals surface area contributed by atoms with Crippen molar-refractivity contribution in [3.8, 4) is 0 Å². The van der Waals surface area contributed by atoms with Crippen LogP contribution in [-0.4, -0.2) is 42.2 Å². The van der Waals surface area contributed by atoms with Crippen molar-refractivity contribution in [1.82, 2.24) is 10.4 Å². The fraction of sp³-hybridized carbons (Fsp3) is 0.800. The van der Waals surface area contributed by atoms with E-state index in [0.29, 0.717) is 39.0 Å². The number of likely N-dealkylation sites (tertiary alicyclic amines) is 1. The lowest BCUT2D eigenvalue weighted by atomic mass is 9.89. The molecule has 16 heavy (non-hydrogen) atoms. The van der Waals surface area contributed by atoms with Gasteiger partial charge in [0.25, 0.3) is 0 Å². The molecule has 0 saturated carbocycles. The molecule has 0 unspecified atom stereocenters. The van der Waals surface area contributed by atoms with Gasteiger partial charge in [0, 0.05) is 13.1 Å². The molecule has 2 heterocycles. The van der Waals surface area contributed by atoms with Gasteiger partial charge in [0.1, 0.15) is 5.60 Å². The maximum Gasteiger partial charge on any atom is 0.409 e. The number of amides is 2. The average molecular weight is 228 g/mol. The first-order valence-corrected chi connectivity index (χ1v) is 5.54. The van der Waals surface area contributed by atoms with Crippen molar-refractivity contribution in [3.63, 3.8) is 0 Å². The van der Waals surface area contributed by atoms with Gasteiger partial charge in [0.05, 0.1) is 13.0 Å². The van der Waals surface area contributed by atoms with Crippen LogP contribution in [-0.2, 0) is 14.4 Å². The van der Waals surface area contributed by atoms with Crippen molar-refractivity contribution in [2.24, 2.45) is 0 Å². The number of piperidine rings is 1. The van der Waals surface area contributed by atoms with E-state index >= 15 is 0 Å². The summed E-state index contributed by atoms with van der Waals surface area (Å²) < 4.78 is 4.92. The van der Waals surface area contributed by atoms with Crippen molar-refractivity contribution < 1.29 is 19.2 Å². The highest BCUT2D eigenvalue weighted by Crippen LogP contribution is 2.32. The third-order valence-electron chi connectivity index (χ3n) is 3.06. The number of hydrogen-bond donors (Lipinski definition) is 1. The van der Waals surface area contributed by atoms with Crippen LogP contribution in [0.3, 0.4) is 0 Å². The van der Waals surface area contributed by atoms with Crippen LogP contribution in [0.25, 0.3) is 0 Å². The highest BCUT2D eigenvalue weighted by Gasteiger charge is 2.43. The van der Waals surface area contributed by atoms with Gasteiger partial charge in [-0.1, -0.05) is 0 Å². The number of nitrogens with one attached hydrogen (secondary N) is 1. The van der Waals surface area contributed by atoms with Gasteiger partial charge >= 0.3 is 6.09 Å². The molecule has 2 rings (SSSR count). The van der Waals surface area contributed by atoms with Crippen LogP contribution < -0.4 is 5.48 Å². The third kappa shape index (κ3) is 2.11. The van der Waals surface area contributed by atoms with Gasteiger partial charge in [-0.15, -0.1) is 0 Å². The quantitative estimate of drug-likeness (QED) is 0.706. The summed E-state index contributed by atoms with van der Waals surface area (Å²) in [7, 11) is 0. The smallest absolute Gasteiger partial charge is 0.409 e. The van der Waals surface area contributed by atoms with Crippen molar-refractivity contribution in [3.05, 3.63) is 0 Å². The van der Waals surface area contributed by atoms with Crippen molar-refractivity contribution in [2.75, 3.05) is 19.7 Å². The van der Waals surface area contributed by atoms with Crippen molar-refractivity contribution >= 4 is 12.0 Å².